The van der Waals surface area contributed by atoms with Gasteiger partial charge in [0, 0.05) is 32.7 Å². The molecular weight excluding hydrogens is 286 g/mol. The first kappa shape index (κ1) is 16.1. The molecule has 0 bridgehead atoms. The lowest BCUT2D eigenvalue weighted by atomic mass is 10.2. The van der Waals surface area contributed by atoms with E-state index >= 15 is 0 Å². The van der Waals surface area contributed by atoms with Crippen LogP contribution in [0, 0.1) is 5.92 Å². The summed E-state index contributed by atoms with van der Waals surface area (Å²) in [5.41, 5.74) is 0. The van der Waals surface area contributed by atoms with Gasteiger partial charge in [0.1, 0.15) is 0 Å². The topological polar surface area (TPSA) is 82.9 Å². The summed E-state index contributed by atoms with van der Waals surface area (Å²) in [6.45, 7) is 5.88. The van der Waals surface area contributed by atoms with Crippen molar-refractivity contribution in [2.45, 2.75) is 13.8 Å². The molecule has 1 aliphatic heterocycles. The Labute approximate surface area is 129 Å². The molecule has 1 aromatic rings. The van der Waals surface area contributed by atoms with E-state index in [1.54, 1.807) is 17.0 Å². The summed E-state index contributed by atoms with van der Waals surface area (Å²) in [5.74, 6) is -0.736. The minimum Gasteiger partial charge on any atom is -0.459 e. The Balaban J connectivity index is 1.82. The number of piperazine rings is 1. The van der Waals surface area contributed by atoms with Crippen LogP contribution in [0.5, 0.6) is 0 Å². The van der Waals surface area contributed by atoms with Gasteiger partial charge < -0.3 is 19.5 Å². The number of nitrogens with zero attached hydrogens (tertiary/aromatic N) is 2. The van der Waals surface area contributed by atoms with Gasteiger partial charge in [-0.3, -0.25) is 14.4 Å². The van der Waals surface area contributed by atoms with Crippen molar-refractivity contribution in [1.29, 1.82) is 0 Å². The van der Waals surface area contributed by atoms with Crippen LogP contribution in [-0.2, 0) is 9.59 Å². The summed E-state index contributed by atoms with van der Waals surface area (Å²) in [6.07, 6.45) is 1.45. The van der Waals surface area contributed by atoms with Gasteiger partial charge in [-0.15, -0.1) is 0 Å². The standard InChI is InChI=1S/C15H21N3O4/c1-11(2)10-16-13(19)15(21)18-7-5-17(6-8-18)14(20)12-4-3-9-22-12/h3-4,9,11H,5-8,10H2,1-2H3,(H,16,19). The first-order valence-electron chi connectivity index (χ1n) is 7.39. The predicted molar refractivity (Wildman–Crippen MR) is 79.0 cm³/mol. The minimum atomic E-state index is -0.584. The molecule has 1 saturated heterocycles. The van der Waals surface area contributed by atoms with E-state index in [0.717, 1.165) is 0 Å². The first-order chi connectivity index (χ1) is 10.5. The first-order valence-corrected chi connectivity index (χ1v) is 7.39. The van der Waals surface area contributed by atoms with Crippen LogP contribution in [0.15, 0.2) is 22.8 Å². The van der Waals surface area contributed by atoms with Crippen LogP contribution < -0.4 is 5.32 Å². The Morgan fingerprint density at radius 3 is 2.36 bits per heavy atom. The van der Waals surface area contributed by atoms with Crippen LogP contribution in [0.2, 0.25) is 0 Å². The van der Waals surface area contributed by atoms with Gasteiger partial charge in [-0.25, -0.2) is 0 Å². The largest absolute Gasteiger partial charge is 0.459 e. The summed E-state index contributed by atoms with van der Waals surface area (Å²) in [7, 11) is 0. The fourth-order valence-electron chi connectivity index (χ4n) is 2.18. The van der Waals surface area contributed by atoms with Gasteiger partial charge in [-0.1, -0.05) is 13.8 Å². The van der Waals surface area contributed by atoms with Crippen molar-refractivity contribution >= 4 is 17.7 Å². The maximum Gasteiger partial charge on any atom is 0.312 e. The molecule has 0 atom stereocenters. The Morgan fingerprint density at radius 2 is 1.82 bits per heavy atom. The van der Waals surface area contributed by atoms with Crippen molar-refractivity contribution in [1.82, 2.24) is 15.1 Å². The molecule has 1 N–H and O–H groups in total. The van der Waals surface area contributed by atoms with Crippen LogP contribution in [0.25, 0.3) is 0 Å². The highest BCUT2D eigenvalue weighted by molar-refractivity contribution is 6.35. The quantitative estimate of drug-likeness (QED) is 0.816. The molecule has 22 heavy (non-hydrogen) atoms. The molecule has 3 amide bonds. The monoisotopic (exact) mass is 307 g/mol. The summed E-state index contributed by atoms with van der Waals surface area (Å²) in [4.78, 5) is 39.0. The fraction of sp³-hybridized carbons (Fsp3) is 0.533. The number of hydrogen-bond donors (Lipinski definition) is 1. The van der Waals surface area contributed by atoms with Gasteiger partial charge in [-0.2, -0.15) is 0 Å². The van der Waals surface area contributed by atoms with Crippen LogP contribution in [0.4, 0.5) is 0 Å². The zero-order valence-electron chi connectivity index (χ0n) is 12.9. The zero-order chi connectivity index (χ0) is 16.1. The average Bonchev–Trinajstić information content (AvgIpc) is 3.05. The van der Waals surface area contributed by atoms with Crippen LogP contribution in [0.1, 0.15) is 24.4 Å². The molecule has 1 aliphatic rings. The smallest absolute Gasteiger partial charge is 0.312 e. The third-order valence-corrected chi connectivity index (χ3v) is 3.45. The lowest BCUT2D eigenvalue weighted by molar-refractivity contribution is -0.146. The molecule has 0 aliphatic carbocycles. The maximum atomic E-state index is 12.1. The van der Waals surface area contributed by atoms with Gasteiger partial charge in [0.25, 0.3) is 5.91 Å². The Kier molecular flexibility index (Phi) is 5.19. The van der Waals surface area contributed by atoms with Crippen molar-refractivity contribution in [3.05, 3.63) is 24.2 Å². The maximum absolute atomic E-state index is 12.1. The normalized spacial score (nSPS) is 15.0. The molecule has 0 saturated carbocycles. The van der Waals surface area contributed by atoms with Crippen LogP contribution in [0.3, 0.4) is 0 Å². The average molecular weight is 307 g/mol. The SMILES string of the molecule is CC(C)CNC(=O)C(=O)N1CCN(C(=O)c2ccco2)CC1. The number of rotatable bonds is 3. The molecule has 120 valence electrons. The Hall–Kier alpha value is -2.31. The van der Waals surface area contributed by atoms with Gasteiger partial charge in [-0.05, 0) is 18.1 Å². The van der Waals surface area contributed by atoms with Gasteiger partial charge >= 0.3 is 11.8 Å². The number of hydrogen-bond acceptors (Lipinski definition) is 4. The van der Waals surface area contributed by atoms with Crippen molar-refractivity contribution in [3.8, 4) is 0 Å². The summed E-state index contributed by atoms with van der Waals surface area (Å²) in [5, 5.41) is 2.61. The summed E-state index contributed by atoms with van der Waals surface area (Å²) < 4.78 is 5.08. The second kappa shape index (κ2) is 7.11. The summed E-state index contributed by atoms with van der Waals surface area (Å²) >= 11 is 0. The van der Waals surface area contributed by atoms with Gasteiger partial charge in [0.15, 0.2) is 5.76 Å². The molecule has 0 spiro atoms. The number of nitrogens with one attached hydrogen (secondary N) is 1. The predicted octanol–water partition coefficient (Wildman–Crippen LogP) is 0.336. The Morgan fingerprint density at radius 1 is 1.18 bits per heavy atom. The van der Waals surface area contributed by atoms with E-state index in [1.165, 1.54) is 11.2 Å². The van der Waals surface area contributed by atoms with E-state index in [4.69, 9.17) is 4.42 Å². The number of carbonyl (C=O) groups excluding carboxylic acids is 3. The van der Waals surface area contributed by atoms with E-state index in [9.17, 15) is 14.4 Å². The summed E-state index contributed by atoms with van der Waals surface area (Å²) in [6, 6.07) is 3.27. The second-order valence-corrected chi connectivity index (χ2v) is 5.67. The van der Waals surface area contributed by atoms with E-state index < -0.39 is 11.8 Å². The highest BCUT2D eigenvalue weighted by atomic mass is 16.3. The third-order valence-electron chi connectivity index (χ3n) is 3.45. The highest BCUT2D eigenvalue weighted by Gasteiger charge is 2.28. The fourth-order valence-corrected chi connectivity index (χ4v) is 2.18. The van der Waals surface area contributed by atoms with Crippen LogP contribution in [-0.4, -0.2) is 60.2 Å². The lowest BCUT2D eigenvalue weighted by Gasteiger charge is -2.33. The van der Waals surface area contributed by atoms with Crippen molar-refractivity contribution in [3.63, 3.8) is 0 Å². The molecule has 2 rings (SSSR count). The molecule has 0 unspecified atom stereocenters. The minimum absolute atomic E-state index is 0.193. The van der Waals surface area contributed by atoms with Crippen molar-refractivity contribution in [2.75, 3.05) is 32.7 Å². The van der Waals surface area contributed by atoms with Gasteiger partial charge in [0.2, 0.25) is 0 Å². The molecule has 0 aromatic carbocycles. The third kappa shape index (κ3) is 3.87. The molecule has 0 radical (unpaired) electrons. The second-order valence-electron chi connectivity index (χ2n) is 5.67. The molecular formula is C15H21N3O4. The van der Waals surface area contributed by atoms with Crippen molar-refractivity contribution < 1.29 is 18.8 Å². The van der Waals surface area contributed by atoms with E-state index in [-0.39, 0.29) is 11.7 Å². The molecule has 7 nitrogen and oxygen atoms in total. The van der Waals surface area contributed by atoms with E-state index in [2.05, 4.69) is 5.32 Å². The molecule has 7 heteroatoms. The number of carbonyl (C=O) groups is 3. The molecule has 2 heterocycles. The molecule has 1 fully saturated rings. The van der Waals surface area contributed by atoms with E-state index in [1.807, 2.05) is 13.8 Å². The number of amides is 3. The zero-order valence-corrected chi connectivity index (χ0v) is 12.9. The Bertz CT molecular complexity index is 531. The van der Waals surface area contributed by atoms with Crippen molar-refractivity contribution in [2.24, 2.45) is 5.92 Å². The number of furan rings is 1. The molecule has 1 aromatic heterocycles. The highest BCUT2D eigenvalue weighted by Crippen LogP contribution is 2.09. The van der Waals surface area contributed by atoms with Crippen LogP contribution >= 0.6 is 0 Å². The van der Waals surface area contributed by atoms with Gasteiger partial charge in [0.05, 0.1) is 6.26 Å². The van der Waals surface area contributed by atoms with E-state index in [0.29, 0.717) is 38.6 Å². The lowest BCUT2D eigenvalue weighted by Crippen LogP contribution is -2.54.